The van der Waals surface area contributed by atoms with E-state index in [1.54, 1.807) is 0 Å². The minimum atomic E-state index is 0.389. The molecule has 118 valence electrons. The molecule has 0 spiro atoms. The highest BCUT2D eigenvalue weighted by atomic mass is 15.2. The van der Waals surface area contributed by atoms with E-state index in [0.717, 1.165) is 25.9 Å². The topological polar surface area (TPSA) is 6.48 Å². The highest BCUT2D eigenvalue weighted by Gasteiger charge is 2.45. The molecule has 0 N–H and O–H groups in total. The van der Waals surface area contributed by atoms with Crippen LogP contribution in [0.4, 0.5) is 22.7 Å². The van der Waals surface area contributed by atoms with E-state index in [2.05, 4.69) is 64.4 Å². The molecule has 4 aliphatic rings. The molecule has 0 saturated heterocycles. The molecule has 0 bridgehead atoms. The van der Waals surface area contributed by atoms with E-state index in [1.165, 1.54) is 50.3 Å². The van der Waals surface area contributed by atoms with Gasteiger partial charge >= 0.3 is 0 Å². The van der Waals surface area contributed by atoms with Crippen LogP contribution in [0.25, 0.3) is 0 Å². The number of anilines is 4. The van der Waals surface area contributed by atoms with Gasteiger partial charge in [-0.2, -0.15) is 0 Å². The van der Waals surface area contributed by atoms with Gasteiger partial charge in [0.2, 0.25) is 0 Å². The van der Waals surface area contributed by atoms with Crippen molar-refractivity contribution in [2.24, 2.45) is 0 Å². The summed E-state index contributed by atoms with van der Waals surface area (Å²) in [5.41, 5.74) is 13.4. The van der Waals surface area contributed by atoms with Crippen molar-refractivity contribution < 1.29 is 0 Å². The van der Waals surface area contributed by atoms with Crippen LogP contribution in [0.5, 0.6) is 0 Å². The molecule has 3 aromatic rings. The van der Waals surface area contributed by atoms with Gasteiger partial charge in [0.25, 0.3) is 6.71 Å². The average Bonchev–Trinajstić information content (AvgIpc) is 3.28. The van der Waals surface area contributed by atoms with E-state index in [1.807, 2.05) is 0 Å². The molecule has 0 aliphatic carbocycles. The van der Waals surface area contributed by atoms with Crippen LogP contribution in [0.3, 0.4) is 0 Å². The molecular formula is C22H17BN2. The van der Waals surface area contributed by atoms with E-state index >= 15 is 0 Å². The molecule has 0 unspecified atom stereocenters. The molecule has 2 nitrogen and oxygen atoms in total. The van der Waals surface area contributed by atoms with E-state index in [4.69, 9.17) is 0 Å². The molecular weight excluding hydrogens is 303 g/mol. The van der Waals surface area contributed by atoms with Gasteiger partial charge in [0.1, 0.15) is 0 Å². The maximum atomic E-state index is 2.57. The van der Waals surface area contributed by atoms with Crippen LogP contribution in [-0.4, -0.2) is 19.8 Å². The Hall–Kier alpha value is -2.68. The lowest BCUT2D eigenvalue weighted by atomic mass is 9.33. The van der Waals surface area contributed by atoms with Crippen molar-refractivity contribution in [3.05, 3.63) is 65.7 Å². The minimum Gasteiger partial charge on any atom is -0.342 e. The first kappa shape index (κ1) is 12.7. The molecule has 3 aromatic carbocycles. The monoisotopic (exact) mass is 320 g/mol. The van der Waals surface area contributed by atoms with Crippen LogP contribution in [0.15, 0.2) is 54.6 Å². The molecule has 4 aliphatic heterocycles. The third-order valence-corrected chi connectivity index (χ3v) is 6.60. The summed E-state index contributed by atoms with van der Waals surface area (Å²) in [4.78, 5) is 5.15. The molecule has 25 heavy (non-hydrogen) atoms. The van der Waals surface area contributed by atoms with Crippen molar-refractivity contribution in [1.29, 1.82) is 0 Å². The van der Waals surface area contributed by atoms with Crippen molar-refractivity contribution in [3.8, 4) is 0 Å². The zero-order chi connectivity index (χ0) is 16.1. The Bertz CT molecular complexity index is 1010. The Kier molecular flexibility index (Phi) is 2.08. The molecule has 3 heteroatoms. The largest absolute Gasteiger partial charge is 0.342 e. The van der Waals surface area contributed by atoms with Crippen LogP contribution < -0.4 is 26.2 Å². The van der Waals surface area contributed by atoms with Crippen LogP contribution in [0.1, 0.15) is 11.1 Å². The number of fused-ring (bicyclic) bond motifs is 4. The summed E-state index contributed by atoms with van der Waals surface area (Å²) >= 11 is 0. The predicted octanol–water partition coefficient (Wildman–Crippen LogP) is 2.22. The zero-order valence-electron chi connectivity index (χ0n) is 14.0. The predicted molar refractivity (Wildman–Crippen MR) is 105 cm³/mol. The first-order valence-corrected chi connectivity index (χ1v) is 9.33. The van der Waals surface area contributed by atoms with E-state index < -0.39 is 0 Å². The number of hydrogen-bond donors (Lipinski definition) is 0. The van der Waals surface area contributed by atoms with Gasteiger partial charge in [-0.05, 0) is 52.5 Å². The van der Waals surface area contributed by atoms with Gasteiger partial charge in [-0.25, -0.2) is 0 Å². The van der Waals surface area contributed by atoms with Crippen molar-refractivity contribution in [3.63, 3.8) is 0 Å². The minimum absolute atomic E-state index is 0.389. The van der Waals surface area contributed by atoms with E-state index in [-0.39, 0.29) is 0 Å². The molecule has 0 saturated carbocycles. The third kappa shape index (κ3) is 1.33. The highest BCUT2D eigenvalue weighted by molar-refractivity contribution is 7.00. The van der Waals surface area contributed by atoms with Gasteiger partial charge in [0.15, 0.2) is 0 Å². The molecule has 4 heterocycles. The number of hydrogen-bond acceptors (Lipinski definition) is 2. The quantitative estimate of drug-likeness (QED) is 0.586. The summed E-state index contributed by atoms with van der Waals surface area (Å²) in [7, 11) is 0. The first-order chi connectivity index (χ1) is 12.4. The maximum Gasteiger partial charge on any atom is 0.252 e. The van der Waals surface area contributed by atoms with Crippen molar-refractivity contribution in [1.82, 2.24) is 0 Å². The van der Waals surface area contributed by atoms with Gasteiger partial charge in [-0.15, -0.1) is 0 Å². The standard InChI is InChI=1S/C22H17BN2/c1-4-14-10-12-24-18-8-3-9-19-20(18)23(16(6-1)21(14)24)17-7-2-5-15-11-13-25(19)22(15)17/h1-9H,10-13H2. The zero-order valence-corrected chi connectivity index (χ0v) is 14.0. The first-order valence-electron chi connectivity index (χ1n) is 9.33. The van der Waals surface area contributed by atoms with Crippen molar-refractivity contribution in [2.75, 3.05) is 22.9 Å². The summed E-state index contributed by atoms with van der Waals surface area (Å²) in [5.74, 6) is 0. The summed E-state index contributed by atoms with van der Waals surface area (Å²) in [6.07, 6.45) is 2.33. The van der Waals surface area contributed by atoms with Crippen LogP contribution >= 0.6 is 0 Å². The second-order valence-electron chi connectivity index (χ2n) is 7.66. The Morgan fingerprint density at radius 1 is 0.640 bits per heavy atom. The molecule has 0 atom stereocenters. The molecule has 0 radical (unpaired) electrons. The fourth-order valence-electron chi connectivity index (χ4n) is 5.71. The fraction of sp³-hybridized carbons (Fsp3) is 0.182. The van der Waals surface area contributed by atoms with Gasteiger partial charge in [0, 0.05) is 35.8 Å². The van der Waals surface area contributed by atoms with Crippen LogP contribution in [0, 0.1) is 0 Å². The second-order valence-corrected chi connectivity index (χ2v) is 7.66. The summed E-state index contributed by atoms with van der Waals surface area (Å²) in [6.45, 7) is 2.62. The number of para-hydroxylation sites is 2. The van der Waals surface area contributed by atoms with Gasteiger partial charge in [0.05, 0.1) is 0 Å². The Morgan fingerprint density at radius 2 is 1.16 bits per heavy atom. The summed E-state index contributed by atoms with van der Waals surface area (Å²) < 4.78 is 0. The Balaban J connectivity index is 1.66. The van der Waals surface area contributed by atoms with Crippen LogP contribution in [-0.2, 0) is 12.8 Å². The molecule has 0 fully saturated rings. The lowest BCUT2D eigenvalue weighted by Crippen LogP contribution is -2.61. The lowest BCUT2D eigenvalue weighted by Gasteiger charge is -2.41. The summed E-state index contributed by atoms with van der Waals surface area (Å²) in [6, 6.07) is 20.8. The fourth-order valence-corrected chi connectivity index (χ4v) is 5.71. The Morgan fingerprint density at radius 3 is 1.72 bits per heavy atom. The summed E-state index contributed by atoms with van der Waals surface area (Å²) in [5, 5.41) is 0. The Labute approximate surface area is 147 Å². The van der Waals surface area contributed by atoms with E-state index in [9.17, 15) is 0 Å². The number of nitrogens with zero attached hydrogens (tertiary/aromatic N) is 2. The van der Waals surface area contributed by atoms with Crippen molar-refractivity contribution in [2.45, 2.75) is 12.8 Å². The maximum absolute atomic E-state index is 2.57. The SMILES string of the molecule is c1cc2c3c(c1)B1c4cccc5c4N(CC5)c4cccc(c41)N3CC2. The number of benzene rings is 3. The van der Waals surface area contributed by atoms with Crippen molar-refractivity contribution >= 4 is 45.9 Å². The van der Waals surface area contributed by atoms with Gasteiger partial charge in [-0.3, -0.25) is 0 Å². The normalized spacial score (nSPS) is 17.5. The second kappa shape index (κ2) is 4.11. The van der Waals surface area contributed by atoms with E-state index in [0.29, 0.717) is 6.71 Å². The smallest absolute Gasteiger partial charge is 0.252 e. The van der Waals surface area contributed by atoms with Gasteiger partial charge in [-0.1, -0.05) is 42.5 Å². The molecule has 0 aromatic heterocycles. The third-order valence-electron chi connectivity index (χ3n) is 6.60. The molecule has 0 amide bonds. The average molecular weight is 320 g/mol. The van der Waals surface area contributed by atoms with Gasteiger partial charge < -0.3 is 9.80 Å². The van der Waals surface area contributed by atoms with Crippen LogP contribution in [0.2, 0.25) is 0 Å². The lowest BCUT2D eigenvalue weighted by molar-refractivity contribution is 0.988. The molecule has 7 rings (SSSR count). The highest BCUT2D eigenvalue weighted by Crippen LogP contribution is 2.43. The number of rotatable bonds is 0.